The van der Waals surface area contributed by atoms with Gasteiger partial charge in [-0.1, -0.05) is 31.9 Å². The molecule has 0 N–H and O–H groups in total. The Kier molecular flexibility index (Phi) is 5.95. The number of hydrogen-bond donors (Lipinski definition) is 0. The van der Waals surface area contributed by atoms with E-state index >= 15 is 0 Å². The van der Waals surface area contributed by atoms with Crippen LogP contribution in [-0.2, 0) is 9.53 Å². The van der Waals surface area contributed by atoms with Crippen molar-refractivity contribution in [3.8, 4) is 17.8 Å². The summed E-state index contributed by atoms with van der Waals surface area (Å²) >= 11 is 0. The van der Waals surface area contributed by atoms with Crippen molar-refractivity contribution in [1.29, 1.82) is 0 Å². The average molecular weight is 260 g/mol. The maximum Gasteiger partial charge on any atom is 0.327 e. The number of esters is 1. The van der Waals surface area contributed by atoms with Gasteiger partial charge in [0.25, 0.3) is 0 Å². The highest BCUT2D eigenvalue weighted by atomic mass is 16.5. The van der Waals surface area contributed by atoms with Crippen LogP contribution in [0.4, 0.5) is 0 Å². The second kappa shape index (κ2) is 7.48. The Hall–Kier alpha value is -1.95. The summed E-state index contributed by atoms with van der Waals surface area (Å²) in [7, 11) is 0. The molecular formula is C16H20O3. The molecule has 1 rings (SSSR count). The number of rotatable bonds is 5. The summed E-state index contributed by atoms with van der Waals surface area (Å²) in [4.78, 5) is 12.0. The first kappa shape index (κ1) is 15.1. The molecule has 0 spiro atoms. The van der Waals surface area contributed by atoms with E-state index in [4.69, 9.17) is 9.47 Å². The third-order valence-electron chi connectivity index (χ3n) is 2.72. The Morgan fingerprint density at radius 2 is 1.89 bits per heavy atom. The van der Waals surface area contributed by atoms with Gasteiger partial charge in [0, 0.05) is 6.92 Å². The van der Waals surface area contributed by atoms with Crippen LogP contribution in [0.3, 0.4) is 0 Å². The summed E-state index contributed by atoms with van der Waals surface area (Å²) in [6, 6.07) is 7.53. The van der Waals surface area contributed by atoms with Crippen molar-refractivity contribution in [2.24, 2.45) is 5.92 Å². The number of ether oxygens (including phenoxy) is 2. The van der Waals surface area contributed by atoms with Crippen molar-refractivity contribution in [1.82, 2.24) is 0 Å². The van der Waals surface area contributed by atoms with E-state index in [0.717, 1.165) is 11.3 Å². The summed E-state index contributed by atoms with van der Waals surface area (Å²) in [5.74, 6) is 2.88. The van der Waals surface area contributed by atoms with Crippen molar-refractivity contribution < 1.29 is 14.3 Å². The van der Waals surface area contributed by atoms with E-state index in [1.165, 1.54) is 0 Å². The van der Waals surface area contributed by atoms with E-state index in [1.807, 2.05) is 45.0 Å². The van der Waals surface area contributed by atoms with Crippen LogP contribution in [0.2, 0.25) is 0 Å². The second-order valence-electron chi connectivity index (χ2n) is 4.50. The van der Waals surface area contributed by atoms with Crippen LogP contribution in [0.15, 0.2) is 24.3 Å². The van der Waals surface area contributed by atoms with Gasteiger partial charge in [-0.3, -0.25) is 4.79 Å². The van der Waals surface area contributed by atoms with E-state index in [-0.39, 0.29) is 17.8 Å². The molecule has 3 nitrogen and oxygen atoms in total. The zero-order valence-electron chi connectivity index (χ0n) is 11.9. The van der Waals surface area contributed by atoms with Gasteiger partial charge in [0.2, 0.25) is 0 Å². The monoisotopic (exact) mass is 260 g/mol. The van der Waals surface area contributed by atoms with E-state index < -0.39 is 0 Å². The molecule has 0 radical (unpaired) electrons. The highest BCUT2D eigenvalue weighted by Crippen LogP contribution is 2.27. The van der Waals surface area contributed by atoms with Crippen molar-refractivity contribution in [2.75, 3.05) is 6.61 Å². The predicted molar refractivity (Wildman–Crippen MR) is 74.7 cm³/mol. The topological polar surface area (TPSA) is 35.5 Å². The van der Waals surface area contributed by atoms with Crippen LogP contribution < -0.4 is 4.74 Å². The second-order valence-corrected chi connectivity index (χ2v) is 4.50. The summed E-state index contributed by atoms with van der Waals surface area (Å²) in [6.07, 6.45) is 2.36. The molecule has 0 aromatic heterocycles. The van der Waals surface area contributed by atoms with Crippen molar-refractivity contribution >= 4 is 5.97 Å². The van der Waals surface area contributed by atoms with Crippen LogP contribution in [-0.4, -0.2) is 12.6 Å². The van der Waals surface area contributed by atoms with Gasteiger partial charge in [0.15, 0.2) is 0 Å². The minimum absolute atomic E-state index is 0.143. The normalized spacial score (nSPS) is 11.4. The molecule has 0 fully saturated rings. The predicted octanol–water partition coefficient (Wildman–Crippen LogP) is 3.35. The first-order chi connectivity index (χ1) is 9.10. The lowest BCUT2D eigenvalue weighted by Crippen LogP contribution is -2.19. The fraction of sp³-hybridized carbons (Fsp3) is 0.438. The van der Waals surface area contributed by atoms with Crippen LogP contribution >= 0.6 is 0 Å². The summed E-state index contributed by atoms with van der Waals surface area (Å²) in [5.41, 5.74) is 0.918. The smallest absolute Gasteiger partial charge is 0.327 e. The zero-order chi connectivity index (χ0) is 14.3. The molecule has 0 aliphatic heterocycles. The maximum atomic E-state index is 12.0. The molecule has 0 saturated heterocycles. The number of benzene rings is 1. The Morgan fingerprint density at radius 3 is 2.37 bits per heavy atom. The highest BCUT2D eigenvalue weighted by Gasteiger charge is 2.25. The molecule has 0 aliphatic rings. The third kappa shape index (κ3) is 4.33. The first-order valence-electron chi connectivity index (χ1n) is 6.45. The van der Waals surface area contributed by atoms with Gasteiger partial charge in [0.05, 0.1) is 12.5 Å². The van der Waals surface area contributed by atoms with Crippen molar-refractivity contribution in [2.45, 2.75) is 33.6 Å². The summed E-state index contributed by atoms with van der Waals surface area (Å²) in [5, 5.41) is 0. The zero-order valence-corrected chi connectivity index (χ0v) is 11.9. The molecule has 102 valence electrons. The standard InChI is InChI=1S/C16H20O3/c1-5-11-19-16(17)15(12(3)4)13-7-9-14(10-8-13)18-6-2/h7-10,12,15H,6H2,1-4H3. The lowest BCUT2D eigenvalue weighted by Gasteiger charge is -2.18. The quantitative estimate of drug-likeness (QED) is 0.601. The van der Waals surface area contributed by atoms with Gasteiger partial charge in [-0.05, 0) is 30.5 Å². The number of carbonyl (C=O) groups is 1. The largest absolute Gasteiger partial charge is 0.494 e. The van der Waals surface area contributed by atoms with Crippen LogP contribution in [0.5, 0.6) is 5.75 Å². The molecule has 1 atom stereocenters. The lowest BCUT2D eigenvalue weighted by atomic mass is 9.88. The number of carbonyl (C=O) groups excluding carboxylic acids is 1. The molecule has 0 saturated carbocycles. The Labute approximate surface area is 114 Å². The van der Waals surface area contributed by atoms with Gasteiger partial charge >= 0.3 is 5.97 Å². The van der Waals surface area contributed by atoms with Crippen LogP contribution in [0.1, 0.15) is 39.2 Å². The molecule has 19 heavy (non-hydrogen) atoms. The molecule has 0 bridgehead atoms. The SMILES string of the molecule is CC#COC(=O)C(c1ccc(OCC)cc1)C(C)C. The van der Waals surface area contributed by atoms with E-state index in [1.54, 1.807) is 6.92 Å². The van der Waals surface area contributed by atoms with E-state index in [9.17, 15) is 4.79 Å². The molecule has 0 aliphatic carbocycles. The third-order valence-corrected chi connectivity index (χ3v) is 2.72. The van der Waals surface area contributed by atoms with Gasteiger partial charge in [-0.2, -0.15) is 0 Å². The van der Waals surface area contributed by atoms with Crippen molar-refractivity contribution in [3.63, 3.8) is 0 Å². The minimum Gasteiger partial charge on any atom is -0.494 e. The van der Waals surface area contributed by atoms with Crippen LogP contribution in [0, 0.1) is 17.9 Å². The minimum atomic E-state index is -0.312. The maximum absolute atomic E-state index is 12.0. The fourth-order valence-corrected chi connectivity index (χ4v) is 1.90. The lowest BCUT2D eigenvalue weighted by molar-refractivity contribution is -0.139. The summed E-state index contributed by atoms with van der Waals surface area (Å²) in [6.45, 7) is 8.17. The average Bonchev–Trinajstić information content (AvgIpc) is 2.38. The summed E-state index contributed by atoms with van der Waals surface area (Å²) < 4.78 is 10.3. The molecule has 0 amide bonds. The first-order valence-corrected chi connectivity index (χ1v) is 6.45. The highest BCUT2D eigenvalue weighted by molar-refractivity contribution is 5.79. The Morgan fingerprint density at radius 1 is 1.26 bits per heavy atom. The van der Waals surface area contributed by atoms with E-state index in [2.05, 4.69) is 12.0 Å². The van der Waals surface area contributed by atoms with Gasteiger partial charge < -0.3 is 9.47 Å². The van der Waals surface area contributed by atoms with Gasteiger partial charge in [-0.25, -0.2) is 0 Å². The van der Waals surface area contributed by atoms with E-state index in [0.29, 0.717) is 6.61 Å². The molecular weight excluding hydrogens is 240 g/mol. The molecule has 1 aromatic carbocycles. The van der Waals surface area contributed by atoms with Crippen LogP contribution in [0.25, 0.3) is 0 Å². The van der Waals surface area contributed by atoms with Gasteiger partial charge in [-0.15, -0.1) is 0 Å². The molecule has 0 heterocycles. The van der Waals surface area contributed by atoms with Crippen molar-refractivity contribution in [3.05, 3.63) is 29.8 Å². The molecule has 3 heteroatoms. The fourth-order valence-electron chi connectivity index (χ4n) is 1.90. The molecule has 1 aromatic rings. The van der Waals surface area contributed by atoms with Gasteiger partial charge in [0.1, 0.15) is 11.9 Å². The number of hydrogen-bond acceptors (Lipinski definition) is 3. The molecule has 1 unspecified atom stereocenters. The Balaban J connectivity index is 2.91. The Bertz CT molecular complexity index is 463.